The lowest BCUT2D eigenvalue weighted by Gasteiger charge is -2.21. The van der Waals surface area contributed by atoms with Gasteiger partial charge in [0.1, 0.15) is 23.6 Å². The van der Waals surface area contributed by atoms with Crippen molar-refractivity contribution in [2.24, 2.45) is 0 Å². The molecule has 170 valence electrons. The predicted octanol–water partition coefficient (Wildman–Crippen LogP) is 4.81. The number of aliphatic carboxylic acids is 1. The fourth-order valence-electron chi connectivity index (χ4n) is 3.38. The zero-order valence-corrected chi connectivity index (χ0v) is 18.4. The Morgan fingerprint density at radius 3 is 2.55 bits per heavy atom. The van der Waals surface area contributed by atoms with Gasteiger partial charge < -0.3 is 23.9 Å². The minimum Gasteiger partial charge on any atom is -0.492 e. The van der Waals surface area contributed by atoms with Crippen LogP contribution < -0.4 is 14.4 Å². The number of benzene rings is 3. The van der Waals surface area contributed by atoms with E-state index >= 15 is 0 Å². The molecule has 0 bridgehead atoms. The van der Waals surface area contributed by atoms with Gasteiger partial charge >= 0.3 is 5.97 Å². The predicted molar refractivity (Wildman–Crippen MR) is 126 cm³/mol. The van der Waals surface area contributed by atoms with E-state index < -0.39 is 12.1 Å². The fourth-order valence-corrected chi connectivity index (χ4v) is 3.38. The molecule has 1 heterocycles. The number of rotatable bonds is 11. The standard InChI is InChI=1S/C26H26N2O5/c1-19(25(29)30)32-22-11-7-8-20(18-22)14-15-28(16-17-31-21-9-3-2-4-10-21)26-27-23-12-5-6-13-24(23)33-26/h2-13,18-19H,14-17H2,1H3,(H,29,30). The van der Waals surface area contributed by atoms with Crippen molar-refractivity contribution in [1.82, 2.24) is 4.98 Å². The summed E-state index contributed by atoms with van der Waals surface area (Å²) in [5, 5.41) is 9.08. The molecule has 1 N–H and O–H groups in total. The summed E-state index contributed by atoms with van der Waals surface area (Å²) in [5.41, 5.74) is 2.56. The van der Waals surface area contributed by atoms with Gasteiger partial charge in [-0.15, -0.1) is 0 Å². The van der Waals surface area contributed by atoms with Crippen molar-refractivity contribution in [2.45, 2.75) is 19.4 Å². The van der Waals surface area contributed by atoms with Gasteiger partial charge in [-0.25, -0.2) is 4.79 Å². The van der Waals surface area contributed by atoms with Crippen LogP contribution in [0, 0.1) is 0 Å². The smallest absolute Gasteiger partial charge is 0.344 e. The normalized spacial score (nSPS) is 11.8. The van der Waals surface area contributed by atoms with Gasteiger partial charge in [-0.2, -0.15) is 4.98 Å². The number of hydrogen-bond acceptors (Lipinski definition) is 6. The SMILES string of the molecule is CC(Oc1cccc(CCN(CCOc2ccccc2)c2nc3ccccc3o2)c1)C(=O)O. The molecule has 7 heteroatoms. The van der Waals surface area contributed by atoms with Gasteiger partial charge in [0, 0.05) is 6.54 Å². The van der Waals surface area contributed by atoms with Crippen molar-refractivity contribution in [1.29, 1.82) is 0 Å². The molecule has 33 heavy (non-hydrogen) atoms. The van der Waals surface area contributed by atoms with Crippen LogP contribution in [0.4, 0.5) is 6.01 Å². The van der Waals surface area contributed by atoms with Gasteiger partial charge in [0.2, 0.25) is 0 Å². The maximum absolute atomic E-state index is 11.1. The summed E-state index contributed by atoms with van der Waals surface area (Å²) in [5.74, 6) is 0.344. The van der Waals surface area contributed by atoms with Crippen molar-refractivity contribution in [3.63, 3.8) is 0 Å². The molecule has 0 saturated heterocycles. The summed E-state index contributed by atoms with van der Waals surface area (Å²) in [6, 6.07) is 25.4. The Morgan fingerprint density at radius 1 is 1.00 bits per heavy atom. The lowest BCUT2D eigenvalue weighted by Crippen LogP contribution is -2.30. The summed E-state index contributed by atoms with van der Waals surface area (Å²) in [4.78, 5) is 17.8. The molecule has 4 rings (SSSR count). The lowest BCUT2D eigenvalue weighted by atomic mass is 10.1. The van der Waals surface area contributed by atoms with E-state index in [1.807, 2.05) is 72.8 Å². The molecule has 0 fully saturated rings. The number of carboxylic acids is 1. The van der Waals surface area contributed by atoms with Gasteiger partial charge in [0.15, 0.2) is 11.7 Å². The Balaban J connectivity index is 1.45. The maximum Gasteiger partial charge on any atom is 0.344 e. The van der Waals surface area contributed by atoms with Crippen LogP contribution in [-0.2, 0) is 11.2 Å². The molecule has 0 spiro atoms. The van der Waals surface area contributed by atoms with E-state index in [1.165, 1.54) is 6.92 Å². The van der Waals surface area contributed by atoms with E-state index in [4.69, 9.17) is 19.0 Å². The van der Waals surface area contributed by atoms with Gasteiger partial charge in [-0.1, -0.05) is 42.5 Å². The Labute approximate surface area is 192 Å². The van der Waals surface area contributed by atoms with Gasteiger partial charge in [0.05, 0.1) is 6.54 Å². The number of carboxylic acid groups (broad SMARTS) is 1. The largest absolute Gasteiger partial charge is 0.492 e. The molecule has 0 amide bonds. The van der Waals surface area contributed by atoms with E-state index in [0.717, 1.165) is 22.4 Å². The summed E-state index contributed by atoms with van der Waals surface area (Å²) in [6.45, 7) is 3.22. The lowest BCUT2D eigenvalue weighted by molar-refractivity contribution is -0.144. The monoisotopic (exact) mass is 446 g/mol. The molecule has 3 aromatic carbocycles. The second-order valence-electron chi connectivity index (χ2n) is 7.61. The number of carbonyl (C=O) groups is 1. The van der Waals surface area contributed by atoms with E-state index in [2.05, 4.69) is 9.88 Å². The quantitative estimate of drug-likeness (QED) is 0.354. The summed E-state index contributed by atoms with van der Waals surface area (Å²) >= 11 is 0. The first-order valence-electron chi connectivity index (χ1n) is 10.9. The first-order chi connectivity index (χ1) is 16.1. The third kappa shape index (κ3) is 6.04. The number of nitrogens with zero attached hydrogens (tertiary/aromatic N) is 2. The highest BCUT2D eigenvalue weighted by molar-refractivity contribution is 5.74. The van der Waals surface area contributed by atoms with Crippen molar-refractivity contribution in [3.05, 3.63) is 84.4 Å². The number of fused-ring (bicyclic) bond motifs is 1. The number of para-hydroxylation sites is 3. The van der Waals surface area contributed by atoms with E-state index in [9.17, 15) is 4.79 Å². The van der Waals surface area contributed by atoms with Gasteiger partial charge in [-0.05, 0) is 55.3 Å². The molecular formula is C26H26N2O5. The molecule has 0 aliphatic carbocycles. The van der Waals surface area contributed by atoms with Crippen LogP contribution in [0.2, 0.25) is 0 Å². The zero-order chi connectivity index (χ0) is 23.0. The molecule has 0 aliphatic heterocycles. The van der Waals surface area contributed by atoms with Crippen LogP contribution in [0.3, 0.4) is 0 Å². The minimum atomic E-state index is -0.999. The molecule has 7 nitrogen and oxygen atoms in total. The van der Waals surface area contributed by atoms with E-state index in [0.29, 0.717) is 37.9 Å². The Bertz CT molecular complexity index is 1160. The van der Waals surface area contributed by atoms with Crippen molar-refractivity contribution >= 4 is 23.1 Å². The average molecular weight is 447 g/mol. The number of aromatic nitrogens is 1. The summed E-state index contributed by atoms with van der Waals surface area (Å²) < 4.78 is 17.4. The molecule has 0 saturated carbocycles. The van der Waals surface area contributed by atoms with Crippen molar-refractivity contribution < 1.29 is 23.8 Å². The Morgan fingerprint density at radius 2 is 1.76 bits per heavy atom. The maximum atomic E-state index is 11.1. The van der Waals surface area contributed by atoms with Crippen LogP contribution >= 0.6 is 0 Å². The number of hydrogen-bond donors (Lipinski definition) is 1. The molecule has 1 atom stereocenters. The highest BCUT2D eigenvalue weighted by Gasteiger charge is 2.16. The first-order valence-corrected chi connectivity index (χ1v) is 10.9. The number of ether oxygens (including phenoxy) is 2. The molecular weight excluding hydrogens is 420 g/mol. The highest BCUT2D eigenvalue weighted by Crippen LogP contribution is 2.23. The second kappa shape index (κ2) is 10.5. The van der Waals surface area contributed by atoms with Gasteiger partial charge in [0.25, 0.3) is 6.01 Å². The summed E-state index contributed by atoms with van der Waals surface area (Å²) in [7, 11) is 0. The van der Waals surface area contributed by atoms with Crippen molar-refractivity contribution in [3.8, 4) is 11.5 Å². The molecule has 0 aliphatic rings. The topological polar surface area (TPSA) is 85.0 Å². The fraction of sp³-hybridized carbons (Fsp3) is 0.231. The average Bonchev–Trinajstić information content (AvgIpc) is 3.26. The Kier molecular flexibility index (Phi) is 7.09. The van der Waals surface area contributed by atoms with Crippen LogP contribution in [0.15, 0.2) is 83.3 Å². The third-order valence-electron chi connectivity index (χ3n) is 5.16. The van der Waals surface area contributed by atoms with E-state index in [-0.39, 0.29) is 0 Å². The van der Waals surface area contributed by atoms with Crippen molar-refractivity contribution in [2.75, 3.05) is 24.6 Å². The van der Waals surface area contributed by atoms with Crippen LogP contribution in [-0.4, -0.2) is 41.9 Å². The number of anilines is 1. The van der Waals surface area contributed by atoms with Crippen LogP contribution in [0.5, 0.6) is 11.5 Å². The van der Waals surface area contributed by atoms with Crippen LogP contribution in [0.25, 0.3) is 11.1 Å². The number of oxazole rings is 1. The molecule has 0 radical (unpaired) electrons. The Hall–Kier alpha value is -4.00. The summed E-state index contributed by atoms with van der Waals surface area (Å²) in [6.07, 6.45) is -0.213. The first kappa shape index (κ1) is 22.2. The third-order valence-corrected chi connectivity index (χ3v) is 5.16. The second-order valence-corrected chi connectivity index (χ2v) is 7.61. The zero-order valence-electron chi connectivity index (χ0n) is 18.4. The molecule has 1 aromatic heterocycles. The minimum absolute atomic E-state index is 0.474. The van der Waals surface area contributed by atoms with Gasteiger partial charge in [-0.3, -0.25) is 0 Å². The van der Waals surface area contributed by atoms with E-state index in [1.54, 1.807) is 6.07 Å². The molecule has 4 aromatic rings. The van der Waals surface area contributed by atoms with Crippen LogP contribution in [0.1, 0.15) is 12.5 Å². The highest BCUT2D eigenvalue weighted by atomic mass is 16.5. The molecule has 1 unspecified atom stereocenters.